The zero-order valence-corrected chi connectivity index (χ0v) is 18.1. The summed E-state index contributed by atoms with van der Waals surface area (Å²) in [5.74, 6) is 0.988. The van der Waals surface area contributed by atoms with E-state index in [-0.39, 0.29) is 18.3 Å². The third-order valence-corrected chi connectivity index (χ3v) is 6.11. The molecular formula is C25H28O5. The van der Waals surface area contributed by atoms with Gasteiger partial charge in [-0.2, -0.15) is 0 Å². The maximum atomic E-state index is 11.9. The number of ether oxygens (including phenoxy) is 2. The van der Waals surface area contributed by atoms with Crippen molar-refractivity contribution >= 4 is 6.29 Å². The number of hydrogen-bond donors (Lipinski definition) is 2. The highest BCUT2D eigenvalue weighted by Gasteiger charge is 2.39. The Bertz CT molecular complexity index is 1050. The van der Waals surface area contributed by atoms with Gasteiger partial charge in [0.2, 0.25) is 0 Å². The van der Waals surface area contributed by atoms with Crippen molar-refractivity contribution in [1.82, 2.24) is 0 Å². The van der Waals surface area contributed by atoms with Crippen LogP contribution in [0.3, 0.4) is 0 Å². The normalized spacial score (nSPS) is 20.1. The van der Waals surface area contributed by atoms with Crippen LogP contribution in [-0.4, -0.2) is 34.8 Å². The first kappa shape index (κ1) is 20.5. The molecule has 5 heteroatoms. The Morgan fingerprint density at radius 1 is 1.23 bits per heavy atom. The van der Waals surface area contributed by atoms with Gasteiger partial charge in [0.15, 0.2) is 23.9 Å². The first-order chi connectivity index (χ1) is 14.1. The highest BCUT2D eigenvalue weighted by Crippen LogP contribution is 2.52. The number of aliphatic hydroxyl groups is 1. The van der Waals surface area contributed by atoms with E-state index in [0.717, 1.165) is 28.5 Å². The summed E-state index contributed by atoms with van der Waals surface area (Å²) in [5.41, 5.74) is 5.36. The van der Waals surface area contributed by atoms with Gasteiger partial charge in [0.1, 0.15) is 12.4 Å². The number of carbonyl (C=O) groups excluding carboxylic acids is 1. The van der Waals surface area contributed by atoms with Crippen molar-refractivity contribution in [2.24, 2.45) is 0 Å². The predicted octanol–water partition coefficient (Wildman–Crippen LogP) is 4.45. The number of aromatic hydroxyl groups is 1. The third-order valence-electron chi connectivity index (χ3n) is 6.11. The molecule has 0 fully saturated rings. The summed E-state index contributed by atoms with van der Waals surface area (Å²) in [6, 6.07) is 7.46. The smallest absolute Gasteiger partial charge is 0.166 e. The van der Waals surface area contributed by atoms with Crippen LogP contribution in [0.5, 0.6) is 17.2 Å². The van der Waals surface area contributed by atoms with Crippen molar-refractivity contribution in [3.63, 3.8) is 0 Å². The van der Waals surface area contributed by atoms with Gasteiger partial charge >= 0.3 is 0 Å². The fourth-order valence-electron chi connectivity index (χ4n) is 4.48. The summed E-state index contributed by atoms with van der Waals surface area (Å²) in [6.45, 7) is 9.79. The van der Waals surface area contributed by atoms with Gasteiger partial charge in [0.05, 0.1) is 11.2 Å². The number of rotatable bonds is 3. The van der Waals surface area contributed by atoms with E-state index in [1.165, 1.54) is 11.1 Å². The van der Waals surface area contributed by atoms with Gasteiger partial charge < -0.3 is 19.7 Å². The highest BCUT2D eigenvalue weighted by atomic mass is 16.6. The van der Waals surface area contributed by atoms with Crippen LogP contribution in [0, 0.1) is 6.92 Å². The standard InChI is InChI=1S/C25H28O5/c1-13(2)16-10-15-6-7-19(27)18(11-26)22(15)23(16)17-8-14(3)9-20-24(17)30-21(12-29-20)25(4,5)28/h6-9,11,21,23,27-28H,10,12H2,1-5H3/t21-,23-/m0/s1. The van der Waals surface area contributed by atoms with E-state index in [0.29, 0.717) is 23.5 Å². The van der Waals surface area contributed by atoms with E-state index in [9.17, 15) is 15.0 Å². The Hall–Kier alpha value is -2.79. The molecule has 0 amide bonds. The van der Waals surface area contributed by atoms with Crippen LogP contribution in [0.2, 0.25) is 0 Å². The van der Waals surface area contributed by atoms with Gasteiger partial charge in [0, 0.05) is 11.5 Å². The Balaban J connectivity index is 1.97. The van der Waals surface area contributed by atoms with Crippen LogP contribution >= 0.6 is 0 Å². The van der Waals surface area contributed by atoms with Crippen LogP contribution in [0.25, 0.3) is 0 Å². The molecule has 1 heterocycles. The lowest BCUT2D eigenvalue weighted by Crippen LogP contribution is -2.46. The molecule has 0 aromatic heterocycles. The van der Waals surface area contributed by atoms with Gasteiger partial charge in [-0.25, -0.2) is 0 Å². The molecule has 30 heavy (non-hydrogen) atoms. The number of benzene rings is 2. The Morgan fingerprint density at radius 3 is 2.60 bits per heavy atom. The molecule has 1 aliphatic heterocycles. The number of allylic oxidation sites excluding steroid dienone is 2. The van der Waals surface area contributed by atoms with Gasteiger partial charge in [-0.15, -0.1) is 0 Å². The fraction of sp³-hybridized carbons (Fsp3) is 0.400. The molecule has 0 saturated carbocycles. The Kier molecular flexibility index (Phi) is 4.89. The SMILES string of the molecule is CC(C)=C1Cc2ccc(O)c(C=O)c2[C@@H]1c1cc(C)cc2c1O[C@H](C(C)(C)O)CO2. The van der Waals surface area contributed by atoms with Gasteiger partial charge in [-0.1, -0.05) is 23.3 Å². The fourth-order valence-corrected chi connectivity index (χ4v) is 4.48. The molecule has 1 aliphatic carbocycles. The second-order valence-electron chi connectivity index (χ2n) is 9.08. The predicted molar refractivity (Wildman–Crippen MR) is 115 cm³/mol. The summed E-state index contributed by atoms with van der Waals surface area (Å²) in [5, 5.41) is 20.9. The first-order valence-electron chi connectivity index (χ1n) is 10.2. The summed E-state index contributed by atoms with van der Waals surface area (Å²) in [6.07, 6.45) is 0.924. The lowest BCUT2D eigenvalue weighted by molar-refractivity contribution is -0.0658. The van der Waals surface area contributed by atoms with Crippen LogP contribution in [-0.2, 0) is 6.42 Å². The van der Waals surface area contributed by atoms with E-state index >= 15 is 0 Å². The second kappa shape index (κ2) is 7.17. The molecule has 2 aromatic rings. The average molecular weight is 408 g/mol. The minimum Gasteiger partial charge on any atom is -0.507 e. The van der Waals surface area contributed by atoms with Crippen molar-refractivity contribution in [3.05, 3.63) is 63.2 Å². The number of fused-ring (bicyclic) bond motifs is 2. The minimum absolute atomic E-state index is 0.0168. The van der Waals surface area contributed by atoms with Gasteiger partial charge in [-0.05, 0) is 69.9 Å². The van der Waals surface area contributed by atoms with Crippen LogP contribution in [0.4, 0.5) is 0 Å². The number of phenolic OH excluding ortho intramolecular Hbond substituents is 1. The number of hydrogen-bond acceptors (Lipinski definition) is 5. The molecule has 2 N–H and O–H groups in total. The van der Waals surface area contributed by atoms with Gasteiger partial charge in [0.25, 0.3) is 0 Å². The lowest BCUT2D eigenvalue weighted by atomic mass is 9.84. The van der Waals surface area contributed by atoms with E-state index in [4.69, 9.17) is 9.47 Å². The molecule has 0 saturated heterocycles. The molecule has 2 aliphatic rings. The van der Waals surface area contributed by atoms with Crippen molar-refractivity contribution in [3.8, 4) is 17.2 Å². The van der Waals surface area contributed by atoms with E-state index < -0.39 is 11.7 Å². The quantitative estimate of drug-likeness (QED) is 0.580. The summed E-state index contributed by atoms with van der Waals surface area (Å²) in [4.78, 5) is 11.9. The summed E-state index contributed by atoms with van der Waals surface area (Å²) < 4.78 is 12.3. The molecule has 0 spiro atoms. The highest BCUT2D eigenvalue weighted by molar-refractivity contribution is 5.85. The molecule has 0 radical (unpaired) electrons. The average Bonchev–Trinajstić information content (AvgIpc) is 3.06. The largest absolute Gasteiger partial charge is 0.507 e. The van der Waals surface area contributed by atoms with E-state index in [1.54, 1.807) is 19.9 Å². The Morgan fingerprint density at radius 2 is 1.97 bits per heavy atom. The van der Waals surface area contributed by atoms with Crippen LogP contribution in [0.1, 0.15) is 66.2 Å². The topological polar surface area (TPSA) is 76.0 Å². The summed E-state index contributed by atoms with van der Waals surface area (Å²) >= 11 is 0. The molecule has 4 rings (SSSR count). The van der Waals surface area contributed by atoms with Crippen molar-refractivity contribution in [1.29, 1.82) is 0 Å². The maximum absolute atomic E-state index is 11.9. The minimum atomic E-state index is -1.07. The molecule has 0 bridgehead atoms. The molecule has 158 valence electrons. The number of aldehydes is 1. The lowest BCUT2D eigenvalue weighted by Gasteiger charge is -2.36. The molecule has 0 unspecified atom stereocenters. The van der Waals surface area contributed by atoms with Crippen LogP contribution in [0.15, 0.2) is 35.4 Å². The monoisotopic (exact) mass is 408 g/mol. The summed E-state index contributed by atoms with van der Waals surface area (Å²) in [7, 11) is 0. The molecule has 2 aromatic carbocycles. The molecular weight excluding hydrogens is 380 g/mol. The van der Waals surface area contributed by atoms with E-state index in [1.807, 2.05) is 19.1 Å². The van der Waals surface area contributed by atoms with Crippen molar-refractivity contribution in [2.75, 3.05) is 6.61 Å². The van der Waals surface area contributed by atoms with Crippen molar-refractivity contribution in [2.45, 2.75) is 58.7 Å². The molecule has 2 atom stereocenters. The number of phenols is 1. The third kappa shape index (κ3) is 3.27. The van der Waals surface area contributed by atoms with Gasteiger partial charge in [-0.3, -0.25) is 4.79 Å². The Labute approximate surface area is 177 Å². The number of carbonyl (C=O) groups is 1. The van der Waals surface area contributed by atoms with Crippen LogP contribution < -0.4 is 9.47 Å². The second-order valence-corrected chi connectivity index (χ2v) is 9.08. The first-order valence-corrected chi connectivity index (χ1v) is 10.2. The van der Waals surface area contributed by atoms with E-state index in [2.05, 4.69) is 19.9 Å². The van der Waals surface area contributed by atoms with Crippen molar-refractivity contribution < 1.29 is 24.5 Å². The zero-order chi connectivity index (χ0) is 21.8. The maximum Gasteiger partial charge on any atom is 0.166 e. The zero-order valence-electron chi connectivity index (χ0n) is 18.1. The molecule has 5 nitrogen and oxygen atoms in total. The number of aryl methyl sites for hydroxylation is 1.